The molecule has 0 aromatic heterocycles. The molecule has 0 radical (unpaired) electrons. The lowest BCUT2D eigenvalue weighted by Gasteiger charge is -2.43. The van der Waals surface area contributed by atoms with Gasteiger partial charge in [-0.3, -0.25) is 0 Å². The van der Waals surface area contributed by atoms with Crippen LogP contribution in [0, 0.1) is 0 Å². The molecular formula is C20H28ClN3O3. The second-order valence-electron chi connectivity index (χ2n) is 7.81. The van der Waals surface area contributed by atoms with Crippen molar-refractivity contribution in [3.8, 4) is 0 Å². The molecule has 2 saturated heterocycles. The van der Waals surface area contributed by atoms with Crippen molar-refractivity contribution < 1.29 is 14.3 Å². The molecule has 3 aliphatic heterocycles. The Morgan fingerprint density at radius 2 is 1.96 bits per heavy atom. The number of carbonyl (C=O) groups is 1. The minimum atomic E-state index is 0.0979. The van der Waals surface area contributed by atoms with E-state index >= 15 is 0 Å². The van der Waals surface area contributed by atoms with Crippen molar-refractivity contribution in [3.63, 3.8) is 0 Å². The van der Waals surface area contributed by atoms with Crippen LogP contribution in [0.5, 0.6) is 0 Å². The first-order valence-corrected chi connectivity index (χ1v) is 10.2. The maximum absolute atomic E-state index is 13.3. The molecule has 3 atom stereocenters. The Morgan fingerprint density at radius 3 is 2.67 bits per heavy atom. The summed E-state index contributed by atoms with van der Waals surface area (Å²) in [7, 11) is 0. The highest BCUT2D eigenvalue weighted by atomic mass is 35.5. The summed E-state index contributed by atoms with van der Waals surface area (Å²) in [5.74, 6) is 0. The number of hydrogen-bond donors (Lipinski definition) is 1. The number of rotatable bonds is 1. The van der Waals surface area contributed by atoms with Gasteiger partial charge in [0.05, 0.1) is 44.6 Å². The number of carbonyl (C=O) groups excluding carboxylic acids is 1. The van der Waals surface area contributed by atoms with Crippen LogP contribution in [0.3, 0.4) is 0 Å². The quantitative estimate of drug-likeness (QED) is 0.796. The second kappa shape index (κ2) is 7.95. The van der Waals surface area contributed by atoms with Crippen LogP contribution < -0.4 is 5.32 Å². The molecule has 0 bridgehead atoms. The Kier molecular flexibility index (Phi) is 5.60. The van der Waals surface area contributed by atoms with Gasteiger partial charge in [-0.25, -0.2) is 4.79 Å². The summed E-state index contributed by atoms with van der Waals surface area (Å²) < 4.78 is 11.2. The van der Waals surface area contributed by atoms with E-state index in [9.17, 15) is 4.79 Å². The number of nitrogens with one attached hydrogen (secondary N) is 1. The number of fused-ring (bicyclic) bond motifs is 1. The van der Waals surface area contributed by atoms with Gasteiger partial charge < -0.3 is 24.6 Å². The number of ether oxygens (including phenoxy) is 2. The van der Waals surface area contributed by atoms with Gasteiger partial charge in [-0.2, -0.15) is 0 Å². The largest absolute Gasteiger partial charge is 0.378 e. The van der Waals surface area contributed by atoms with Crippen molar-refractivity contribution in [2.45, 2.75) is 44.9 Å². The molecule has 1 aromatic rings. The third-order valence-corrected chi connectivity index (χ3v) is 6.02. The van der Waals surface area contributed by atoms with E-state index in [4.69, 9.17) is 21.1 Å². The van der Waals surface area contributed by atoms with Gasteiger partial charge in [-0.15, -0.1) is 0 Å². The van der Waals surface area contributed by atoms with Gasteiger partial charge in [0.2, 0.25) is 0 Å². The minimum Gasteiger partial charge on any atom is -0.378 e. The molecule has 1 N–H and O–H groups in total. The normalized spacial score (nSPS) is 28.8. The molecule has 3 heterocycles. The predicted octanol–water partition coefficient (Wildman–Crippen LogP) is 2.59. The zero-order chi connectivity index (χ0) is 19.0. The summed E-state index contributed by atoms with van der Waals surface area (Å²) in [6.45, 7) is 8.86. The van der Waals surface area contributed by atoms with Crippen LogP contribution in [0.1, 0.15) is 36.6 Å². The van der Waals surface area contributed by atoms with Crippen LogP contribution in [-0.2, 0) is 22.4 Å². The topological polar surface area (TPSA) is 54.0 Å². The Morgan fingerprint density at radius 1 is 1.19 bits per heavy atom. The van der Waals surface area contributed by atoms with E-state index in [2.05, 4.69) is 19.2 Å². The molecule has 0 saturated carbocycles. The van der Waals surface area contributed by atoms with Crippen LogP contribution in [0.15, 0.2) is 12.1 Å². The number of morpholine rings is 2. The molecule has 7 heteroatoms. The highest BCUT2D eigenvalue weighted by Gasteiger charge is 2.35. The van der Waals surface area contributed by atoms with Crippen LogP contribution in [0.4, 0.5) is 4.79 Å². The molecule has 0 aliphatic carbocycles. The molecular weight excluding hydrogens is 366 g/mol. The number of amides is 2. The lowest BCUT2D eigenvalue weighted by atomic mass is 9.91. The Hall–Kier alpha value is -1.34. The molecule has 27 heavy (non-hydrogen) atoms. The van der Waals surface area contributed by atoms with Crippen molar-refractivity contribution in [3.05, 3.63) is 33.8 Å². The van der Waals surface area contributed by atoms with Gasteiger partial charge in [0.25, 0.3) is 0 Å². The van der Waals surface area contributed by atoms with Crippen molar-refractivity contribution >= 4 is 17.6 Å². The average Bonchev–Trinajstić information content (AvgIpc) is 2.67. The Bertz CT molecular complexity index is 698. The minimum absolute atomic E-state index is 0.0979. The van der Waals surface area contributed by atoms with Gasteiger partial charge in [0.15, 0.2) is 0 Å². The zero-order valence-corrected chi connectivity index (χ0v) is 16.8. The summed E-state index contributed by atoms with van der Waals surface area (Å²) >= 11 is 6.39. The summed E-state index contributed by atoms with van der Waals surface area (Å²) in [6.07, 6.45) is 0.829. The van der Waals surface area contributed by atoms with E-state index in [-0.39, 0.29) is 24.2 Å². The Labute approximate surface area is 165 Å². The van der Waals surface area contributed by atoms with Crippen molar-refractivity contribution in [1.29, 1.82) is 0 Å². The second-order valence-corrected chi connectivity index (χ2v) is 8.25. The maximum atomic E-state index is 13.3. The maximum Gasteiger partial charge on any atom is 0.320 e. The van der Waals surface area contributed by atoms with Crippen LogP contribution >= 0.6 is 11.6 Å². The zero-order valence-electron chi connectivity index (χ0n) is 16.0. The summed E-state index contributed by atoms with van der Waals surface area (Å²) in [6, 6.07) is 4.51. The van der Waals surface area contributed by atoms with Gasteiger partial charge in [0.1, 0.15) is 0 Å². The van der Waals surface area contributed by atoms with Crippen molar-refractivity contribution in [2.24, 2.45) is 0 Å². The lowest BCUT2D eigenvalue weighted by Crippen LogP contribution is -2.57. The number of benzene rings is 1. The van der Waals surface area contributed by atoms with Gasteiger partial charge in [-0.1, -0.05) is 11.6 Å². The van der Waals surface area contributed by atoms with Crippen molar-refractivity contribution in [2.75, 3.05) is 39.5 Å². The molecule has 4 rings (SSSR count). The van der Waals surface area contributed by atoms with E-state index in [0.717, 1.165) is 36.7 Å². The lowest BCUT2D eigenvalue weighted by molar-refractivity contribution is -0.0227. The number of hydrogen-bond acceptors (Lipinski definition) is 4. The van der Waals surface area contributed by atoms with Gasteiger partial charge >= 0.3 is 6.03 Å². The average molecular weight is 394 g/mol. The third kappa shape index (κ3) is 3.81. The van der Waals surface area contributed by atoms with E-state index < -0.39 is 0 Å². The summed E-state index contributed by atoms with van der Waals surface area (Å²) in [5, 5.41) is 4.28. The molecule has 148 valence electrons. The van der Waals surface area contributed by atoms with E-state index in [1.165, 1.54) is 11.1 Å². The highest BCUT2D eigenvalue weighted by Crippen LogP contribution is 2.32. The first-order valence-electron chi connectivity index (χ1n) is 9.82. The molecule has 2 fully saturated rings. The summed E-state index contributed by atoms with van der Waals surface area (Å²) in [4.78, 5) is 17.2. The molecule has 6 nitrogen and oxygen atoms in total. The first kappa shape index (κ1) is 19.0. The van der Waals surface area contributed by atoms with Crippen LogP contribution in [0.25, 0.3) is 0 Å². The molecule has 3 aliphatic rings. The monoisotopic (exact) mass is 393 g/mol. The van der Waals surface area contributed by atoms with E-state index in [1.54, 1.807) is 0 Å². The summed E-state index contributed by atoms with van der Waals surface area (Å²) in [5.41, 5.74) is 3.63. The molecule has 0 spiro atoms. The smallest absolute Gasteiger partial charge is 0.320 e. The van der Waals surface area contributed by atoms with Gasteiger partial charge in [-0.05, 0) is 49.1 Å². The number of halogens is 1. The van der Waals surface area contributed by atoms with Gasteiger partial charge in [0, 0.05) is 24.7 Å². The fourth-order valence-electron chi connectivity index (χ4n) is 4.44. The van der Waals surface area contributed by atoms with Crippen LogP contribution in [0.2, 0.25) is 5.02 Å². The van der Waals surface area contributed by atoms with E-state index in [1.807, 2.05) is 21.9 Å². The fraction of sp³-hybridized carbons (Fsp3) is 0.650. The molecule has 1 aromatic carbocycles. The molecule has 2 amide bonds. The standard InChI is InChI=1S/C20H28ClN3O3/c1-13-10-27-11-14(2)24(13)20(25)23-5-3-15-7-16(21)8-17(18(15)9-23)19-12-26-6-4-22-19/h7-8,13-14,19,22H,3-6,9-12H2,1-2H3/t13?,14?,19-/m0/s1. The number of nitrogens with zero attached hydrogens (tertiary/aromatic N) is 2. The van der Waals surface area contributed by atoms with E-state index in [0.29, 0.717) is 26.4 Å². The highest BCUT2D eigenvalue weighted by molar-refractivity contribution is 6.30. The Balaban J connectivity index is 1.59. The first-order chi connectivity index (χ1) is 13.0. The van der Waals surface area contributed by atoms with Crippen LogP contribution in [-0.4, -0.2) is 67.4 Å². The fourth-order valence-corrected chi connectivity index (χ4v) is 4.69. The molecule has 2 unspecified atom stereocenters. The third-order valence-electron chi connectivity index (χ3n) is 5.80. The predicted molar refractivity (Wildman–Crippen MR) is 104 cm³/mol. The van der Waals surface area contributed by atoms with Crippen molar-refractivity contribution in [1.82, 2.24) is 15.1 Å². The SMILES string of the molecule is CC1COCC(C)N1C(=O)N1CCc2cc(Cl)cc([C@@H]3COCCN3)c2C1. The number of urea groups is 1.